The Morgan fingerprint density at radius 3 is 2.68 bits per heavy atom. The van der Waals surface area contributed by atoms with Gasteiger partial charge in [0.2, 0.25) is 5.91 Å². The number of urea groups is 1. The van der Waals surface area contributed by atoms with Crippen LogP contribution < -0.4 is 10.6 Å². The molecule has 2 aliphatic heterocycles. The summed E-state index contributed by atoms with van der Waals surface area (Å²) in [5, 5.41) is 5.92. The predicted molar refractivity (Wildman–Crippen MR) is 104 cm³/mol. The second-order valence-corrected chi connectivity index (χ2v) is 7.98. The van der Waals surface area contributed by atoms with Crippen LogP contribution in [0.3, 0.4) is 0 Å². The molecule has 1 aromatic rings. The first-order valence-electron chi connectivity index (χ1n) is 9.78. The summed E-state index contributed by atoms with van der Waals surface area (Å²) in [5.41, 5.74) is 4.44. The minimum atomic E-state index is -0.461. The van der Waals surface area contributed by atoms with Crippen LogP contribution in [0.2, 0.25) is 0 Å². The SMILES string of the molecule is Cc1ccc(C2NC(=O)N(C)C3=C2C(=O)N(CCC(=O)NC2CC2)C3)c(C)c1. The third kappa shape index (κ3) is 3.37. The van der Waals surface area contributed by atoms with Crippen molar-refractivity contribution in [2.75, 3.05) is 20.1 Å². The Hall–Kier alpha value is -2.83. The van der Waals surface area contributed by atoms with E-state index in [1.807, 2.05) is 26.0 Å². The predicted octanol–water partition coefficient (Wildman–Crippen LogP) is 1.76. The molecule has 2 N–H and O–H groups in total. The number of hydrogen-bond donors (Lipinski definition) is 2. The Labute approximate surface area is 164 Å². The van der Waals surface area contributed by atoms with Crippen LogP contribution in [-0.2, 0) is 9.59 Å². The highest BCUT2D eigenvalue weighted by Crippen LogP contribution is 2.36. The number of nitrogens with one attached hydrogen (secondary N) is 2. The number of nitrogens with zero attached hydrogens (tertiary/aromatic N) is 2. The highest BCUT2D eigenvalue weighted by molar-refractivity contribution is 6.01. The molecule has 0 radical (unpaired) electrons. The normalized spacial score (nSPS) is 21.8. The highest BCUT2D eigenvalue weighted by atomic mass is 16.2. The highest BCUT2D eigenvalue weighted by Gasteiger charge is 2.43. The van der Waals surface area contributed by atoms with Gasteiger partial charge in [0.1, 0.15) is 0 Å². The molecule has 1 atom stereocenters. The smallest absolute Gasteiger partial charge is 0.322 e. The van der Waals surface area contributed by atoms with Crippen LogP contribution in [0.15, 0.2) is 29.5 Å². The van der Waals surface area contributed by atoms with E-state index in [0.29, 0.717) is 24.7 Å². The van der Waals surface area contributed by atoms with Crippen molar-refractivity contribution in [1.29, 1.82) is 0 Å². The Kier molecular flexibility index (Phi) is 4.61. The quantitative estimate of drug-likeness (QED) is 0.814. The van der Waals surface area contributed by atoms with Crippen LogP contribution in [0.1, 0.15) is 42.0 Å². The Morgan fingerprint density at radius 1 is 1.25 bits per heavy atom. The molecule has 0 aromatic heterocycles. The van der Waals surface area contributed by atoms with Gasteiger partial charge in [-0.2, -0.15) is 0 Å². The summed E-state index contributed by atoms with van der Waals surface area (Å²) >= 11 is 0. The van der Waals surface area contributed by atoms with Gasteiger partial charge < -0.3 is 15.5 Å². The fraction of sp³-hybridized carbons (Fsp3) is 0.476. The first kappa shape index (κ1) is 18.5. The minimum Gasteiger partial charge on any atom is -0.353 e. The van der Waals surface area contributed by atoms with Crippen molar-refractivity contribution in [3.63, 3.8) is 0 Å². The van der Waals surface area contributed by atoms with E-state index in [4.69, 9.17) is 0 Å². The molecule has 3 aliphatic rings. The van der Waals surface area contributed by atoms with E-state index in [2.05, 4.69) is 16.7 Å². The summed E-state index contributed by atoms with van der Waals surface area (Å²) in [6.07, 6.45) is 2.36. The van der Waals surface area contributed by atoms with E-state index < -0.39 is 6.04 Å². The summed E-state index contributed by atoms with van der Waals surface area (Å²) < 4.78 is 0. The zero-order valence-electron chi connectivity index (χ0n) is 16.5. The minimum absolute atomic E-state index is 0.0198. The largest absolute Gasteiger partial charge is 0.353 e. The number of likely N-dealkylation sites (N-methyl/N-ethyl adjacent to an activating group) is 1. The van der Waals surface area contributed by atoms with Crippen LogP contribution in [0, 0.1) is 13.8 Å². The lowest BCUT2D eigenvalue weighted by atomic mass is 9.91. The molecule has 2 heterocycles. The van der Waals surface area contributed by atoms with Crippen molar-refractivity contribution in [2.45, 2.75) is 45.2 Å². The van der Waals surface area contributed by atoms with Crippen LogP contribution in [0.25, 0.3) is 0 Å². The number of amides is 4. The zero-order valence-corrected chi connectivity index (χ0v) is 16.5. The van der Waals surface area contributed by atoms with Crippen molar-refractivity contribution >= 4 is 17.8 Å². The van der Waals surface area contributed by atoms with E-state index in [9.17, 15) is 14.4 Å². The molecule has 148 valence electrons. The lowest BCUT2D eigenvalue weighted by molar-refractivity contribution is -0.127. The Balaban J connectivity index is 1.56. The first-order valence-corrected chi connectivity index (χ1v) is 9.78. The van der Waals surface area contributed by atoms with E-state index in [0.717, 1.165) is 35.2 Å². The molecule has 28 heavy (non-hydrogen) atoms. The van der Waals surface area contributed by atoms with Gasteiger partial charge in [0.25, 0.3) is 5.91 Å². The van der Waals surface area contributed by atoms with Gasteiger partial charge >= 0.3 is 6.03 Å². The van der Waals surface area contributed by atoms with Crippen molar-refractivity contribution in [1.82, 2.24) is 20.4 Å². The second-order valence-electron chi connectivity index (χ2n) is 7.98. The van der Waals surface area contributed by atoms with Gasteiger partial charge in [-0.1, -0.05) is 23.8 Å². The third-order valence-electron chi connectivity index (χ3n) is 5.72. The van der Waals surface area contributed by atoms with Gasteiger partial charge in [0, 0.05) is 26.1 Å². The van der Waals surface area contributed by atoms with E-state index in [1.54, 1.807) is 11.9 Å². The Bertz CT molecular complexity index is 888. The lowest BCUT2D eigenvalue weighted by Gasteiger charge is -2.31. The fourth-order valence-electron chi connectivity index (χ4n) is 3.95. The molecule has 0 bridgehead atoms. The second kappa shape index (κ2) is 6.96. The number of carbonyl (C=O) groups is 3. The Morgan fingerprint density at radius 2 is 2.00 bits per heavy atom. The molecule has 1 fully saturated rings. The van der Waals surface area contributed by atoms with Crippen molar-refractivity contribution in [2.24, 2.45) is 0 Å². The average Bonchev–Trinajstić information content (AvgIpc) is 3.39. The molecular weight excluding hydrogens is 356 g/mol. The molecule has 1 aliphatic carbocycles. The number of aryl methyl sites for hydroxylation is 2. The molecule has 1 aromatic carbocycles. The maximum atomic E-state index is 13.2. The molecule has 0 spiro atoms. The summed E-state index contributed by atoms with van der Waals surface area (Å²) in [6, 6.07) is 5.66. The van der Waals surface area contributed by atoms with Gasteiger partial charge in [0.15, 0.2) is 0 Å². The lowest BCUT2D eigenvalue weighted by Crippen LogP contribution is -2.45. The third-order valence-corrected chi connectivity index (χ3v) is 5.72. The van der Waals surface area contributed by atoms with Crippen LogP contribution in [0.4, 0.5) is 4.79 Å². The number of hydrogen-bond acceptors (Lipinski definition) is 3. The van der Waals surface area contributed by atoms with Crippen LogP contribution >= 0.6 is 0 Å². The van der Waals surface area contributed by atoms with Crippen molar-refractivity contribution < 1.29 is 14.4 Å². The van der Waals surface area contributed by atoms with E-state index in [1.165, 1.54) is 4.90 Å². The van der Waals surface area contributed by atoms with Gasteiger partial charge in [-0.3, -0.25) is 14.5 Å². The molecule has 1 saturated carbocycles. The molecular formula is C21H26N4O3. The monoisotopic (exact) mass is 382 g/mol. The fourth-order valence-corrected chi connectivity index (χ4v) is 3.95. The summed E-state index contributed by atoms with van der Waals surface area (Å²) in [6.45, 7) is 4.72. The first-order chi connectivity index (χ1) is 13.3. The van der Waals surface area contributed by atoms with E-state index in [-0.39, 0.29) is 24.3 Å². The molecule has 4 rings (SSSR count). The number of carbonyl (C=O) groups excluding carboxylic acids is 3. The summed E-state index contributed by atoms with van der Waals surface area (Å²) in [7, 11) is 1.68. The molecule has 7 heteroatoms. The van der Waals surface area contributed by atoms with Crippen molar-refractivity contribution in [3.8, 4) is 0 Å². The van der Waals surface area contributed by atoms with Gasteiger partial charge in [-0.15, -0.1) is 0 Å². The molecule has 0 saturated heterocycles. The van der Waals surface area contributed by atoms with Crippen LogP contribution in [-0.4, -0.2) is 53.8 Å². The number of rotatable bonds is 5. The van der Waals surface area contributed by atoms with Gasteiger partial charge in [0.05, 0.1) is 23.9 Å². The summed E-state index contributed by atoms with van der Waals surface area (Å²) in [5.74, 6) is -0.125. The molecule has 7 nitrogen and oxygen atoms in total. The van der Waals surface area contributed by atoms with Gasteiger partial charge in [-0.05, 0) is 37.8 Å². The van der Waals surface area contributed by atoms with Crippen molar-refractivity contribution in [3.05, 3.63) is 46.2 Å². The number of benzene rings is 1. The summed E-state index contributed by atoms with van der Waals surface area (Å²) in [4.78, 5) is 40.8. The van der Waals surface area contributed by atoms with Crippen LogP contribution in [0.5, 0.6) is 0 Å². The van der Waals surface area contributed by atoms with Gasteiger partial charge in [-0.25, -0.2) is 4.79 Å². The molecule has 1 unspecified atom stereocenters. The zero-order chi connectivity index (χ0) is 20.0. The maximum absolute atomic E-state index is 13.2. The average molecular weight is 382 g/mol. The topological polar surface area (TPSA) is 81.8 Å². The van der Waals surface area contributed by atoms with E-state index >= 15 is 0 Å². The molecule has 4 amide bonds. The maximum Gasteiger partial charge on any atom is 0.322 e. The standard InChI is InChI=1S/C21H26N4O3/c1-12-4-7-15(13(2)10-12)19-18-16(24(3)21(28)23-19)11-25(20(18)27)9-8-17(26)22-14-5-6-14/h4,7,10,14,19H,5-6,8-9,11H2,1-3H3,(H,22,26)(H,23,28).